The van der Waals surface area contributed by atoms with E-state index in [9.17, 15) is 31.2 Å². The quantitative estimate of drug-likeness (QED) is 0.587. The van der Waals surface area contributed by atoms with Crippen molar-refractivity contribution >= 4 is 33.0 Å². The summed E-state index contributed by atoms with van der Waals surface area (Å²) in [6.07, 6.45) is 0. The average Bonchev–Trinajstić information content (AvgIpc) is 3.14. The van der Waals surface area contributed by atoms with Gasteiger partial charge in [0.25, 0.3) is 10.8 Å². The molecule has 3 aromatic rings. The molecule has 1 fully saturated rings. The maximum absolute atomic E-state index is 14.4. The van der Waals surface area contributed by atoms with E-state index in [2.05, 4.69) is 0 Å². The first-order valence-corrected chi connectivity index (χ1v) is 11.5. The summed E-state index contributed by atoms with van der Waals surface area (Å²) >= 11 is 0. The topological polar surface area (TPSA) is 74.8 Å². The largest absolute Gasteiger partial charge is 0.304 e. The maximum atomic E-state index is 14.4. The van der Waals surface area contributed by atoms with Gasteiger partial charge in [0.1, 0.15) is 11.6 Å². The van der Waals surface area contributed by atoms with Crippen LogP contribution in [-0.2, 0) is 30.8 Å². The highest BCUT2D eigenvalue weighted by molar-refractivity contribution is 7.94. The highest BCUT2D eigenvalue weighted by atomic mass is 32.2. The monoisotopic (exact) mass is 472 g/mol. The fraction of sp³-hybridized carbons (Fsp3) is 0.130. The van der Waals surface area contributed by atoms with Crippen molar-refractivity contribution < 1.29 is 31.2 Å². The van der Waals surface area contributed by atoms with Gasteiger partial charge >= 0.3 is 0 Å². The number of nitrogens with zero attached hydrogens (tertiary/aromatic N) is 2. The summed E-state index contributed by atoms with van der Waals surface area (Å²) in [5.41, 5.74) is 0.0215. The molecule has 0 aliphatic carbocycles. The molecule has 2 amide bonds. The first kappa shape index (κ1) is 21.2. The lowest BCUT2D eigenvalue weighted by Crippen LogP contribution is -2.54. The maximum Gasteiger partial charge on any atom is 0.274 e. The predicted molar refractivity (Wildman–Crippen MR) is 113 cm³/mol. The van der Waals surface area contributed by atoms with Crippen LogP contribution in [0.25, 0.3) is 0 Å². The summed E-state index contributed by atoms with van der Waals surface area (Å²) in [5, 5.41) is 0. The summed E-state index contributed by atoms with van der Waals surface area (Å²) in [7, 11) is -4.48. The van der Waals surface area contributed by atoms with Crippen molar-refractivity contribution in [2.75, 3.05) is 15.6 Å². The number of carbonyl (C=O) groups is 2. The molecule has 168 valence electrons. The molecule has 1 saturated heterocycles. The van der Waals surface area contributed by atoms with Crippen molar-refractivity contribution in [1.29, 1.82) is 0 Å². The zero-order valence-electron chi connectivity index (χ0n) is 16.8. The van der Waals surface area contributed by atoms with Crippen LogP contribution in [0.5, 0.6) is 0 Å². The molecule has 1 spiro atoms. The predicted octanol–water partition coefficient (Wildman–Crippen LogP) is 3.27. The van der Waals surface area contributed by atoms with E-state index in [1.54, 1.807) is 12.1 Å². The molecule has 2 aliphatic heterocycles. The average molecular weight is 472 g/mol. The van der Waals surface area contributed by atoms with Gasteiger partial charge in [-0.15, -0.1) is 0 Å². The second-order valence-corrected chi connectivity index (χ2v) is 9.84. The van der Waals surface area contributed by atoms with E-state index in [1.807, 2.05) is 0 Å². The third-order valence-corrected chi connectivity index (χ3v) is 7.97. The van der Waals surface area contributed by atoms with E-state index in [0.29, 0.717) is 11.0 Å². The third kappa shape index (κ3) is 2.83. The van der Waals surface area contributed by atoms with Crippen LogP contribution in [0.4, 0.5) is 24.5 Å². The molecule has 0 saturated carbocycles. The van der Waals surface area contributed by atoms with E-state index in [0.717, 1.165) is 17.0 Å². The van der Waals surface area contributed by atoms with Gasteiger partial charge in [0, 0.05) is 22.9 Å². The summed E-state index contributed by atoms with van der Waals surface area (Å²) in [4.78, 5) is 26.1. The summed E-state index contributed by atoms with van der Waals surface area (Å²) in [6, 6.07) is 14.1. The van der Waals surface area contributed by atoms with Crippen LogP contribution in [0.1, 0.15) is 11.1 Å². The third-order valence-electron chi connectivity index (χ3n) is 5.87. The Morgan fingerprint density at radius 1 is 0.848 bits per heavy atom. The summed E-state index contributed by atoms with van der Waals surface area (Å²) in [6.45, 7) is -0.292. The molecule has 2 heterocycles. The van der Waals surface area contributed by atoms with Gasteiger partial charge in [-0.25, -0.2) is 21.6 Å². The van der Waals surface area contributed by atoms with Crippen molar-refractivity contribution in [3.05, 3.63) is 95.3 Å². The van der Waals surface area contributed by atoms with Gasteiger partial charge in [-0.3, -0.25) is 14.5 Å². The van der Waals surface area contributed by atoms with Crippen LogP contribution < -0.4 is 9.80 Å². The van der Waals surface area contributed by atoms with Gasteiger partial charge in [0.15, 0.2) is 21.5 Å². The SMILES string of the molecule is O=C1CS(=O)(=O)[C@]2(C(=O)N(Cc3ccccc3F)c3ccccc32)N1c1ccc(F)c(F)c1. The highest BCUT2D eigenvalue weighted by Gasteiger charge is 2.69. The first-order valence-electron chi connectivity index (χ1n) is 9.84. The molecule has 0 radical (unpaired) electrons. The Labute approximate surface area is 186 Å². The molecule has 0 aromatic heterocycles. The van der Waals surface area contributed by atoms with Gasteiger partial charge in [-0.2, -0.15) is 0 Å². The molecule has 6 nitrogen and oxygen atoms in total. The van der Waals surface area contributed by atoms with Gasteiger partial charge in [0.2, 0.25) is 5.91 Å². The Morgan fingerprint density at radius 3 is 2.27 bits per heavy atom. The lowest BCUT2D eigenvalue weighted by Gasteiger charge is -2.32. The van der Waals surface area contributed by atoms with E-state index < -0.39 is 49.7 Å². The minimum atomic E-state index is -4.48. The molecule has 1 atom stereocenters. The molecule has 0 N–H and O–H groups in total. The smallest absolute Gasteiger partial charge is 0.274 e. The molecule has 10 heteroatoms. The molecule has 5 rings (SSSR count). The van der Waals surface area contributed by atoms with E-state index in [1.165, 1.54) is 36.4 Å². The lowest BCUT2D eigenvalue weighted by atomic mass is 10.0. The Hall–Kier alpha value is -3.66. The lowest BCUT2D eigenvalue weighted by molar-refractivity contribution is -0.123. The number of carbonyl (C=O) groups excluding carboxylic acids is 2. The van der Waals surface area contributed by atoms with Gasteiger partial charge in [-0.1, -0.05) is 36.4 Å². The normalized spacial score (nSPS) is 21.2. The molecule has 0 unspecified atom stereocenters. The number of benzene rings is 3. The minimum absolute atomic E-state index is 0.0121. The van der Waals surface area contributed by atoms with Crippen molar-refractivity contribution in [3.8, 4) is 0 Å². The van der Waals surface area contributed by atoms with Crippen LogP contribution in [0.3, 0.4) is 0 Å². The number of anilines is 2. The number of halogens is 3. The van der Waals surface area contributed by atoms with E-state index in [-0.39, 0.29) is 29.0 Å². The van der Waals surface area contributed by atoms with Crippen LogP contribution >= 0.6 is 0 Å². The number of para-hydroxylation sites is 1. The highest BCUT2D eigenvalue weighted by Crippen LogP contribution is 2.52. The molecule has 3 aromatic carbocycles. The van der Waals surface area contributed by atoms with Gasteiger partial charge in [0.05, 0.1) is 12.2 Å². The van der Waals surface area contributed by atoms with Crippen LogP contribution in [0.2, 0.25) is 0 Å². The van der Waals surface area contributed by atoms with Gasteiger partial charge in [-0.05, 0) is 24.3 Å². The Bertz CT molecular complexity index is 1440. The molecule has 2 aliphatic rings. The van der Waals surface area contributed by atoms with Crippen LogP contribution in [0.15, 0.2) is 66.7 Å². The molecule has 0 bridgehead atoms. The Kier molecular flexibility index (Phi) is 4.61. The number of amides is 2. The number of hydrogen-bond acceptors (Lipinski definition) is 4. The zero-order valence-corrected chi connectivity index (χ0v) is 17.7. The van der Waals surface area contributed by atoms with E-state index >= 15 is 0 Å². The van der Waals surface area contributed by atoms with Crippen LogP contribution in [-0.4, -0.2) is 26.0 Å². The first-order chi connectivity index (χ1) is 15.7. The summed E-state index contributed by atoms with van der Waals surface area (Å²) in [5.74, 6) is -6.05. The second kappa shape index (κ2) is 7.17. The fourth-order valence-corrected chi connectivity index (χ4v) is 6.50. The van der Waals surface area contributed by atoms with Gasteiger partial charge < -0.3 is 4.90 Å². The molecule has 33 heavy (non-hydrogen) atoms. The van der Waals surface area contributed by atoms with Crippen LogP contribution in [0, 0.1) is 17.5 Å². The number of rotatable bonds is 3. The van der Waals surface area contributed by atoms with Crippen molar-refractivity contribution in [2.45, 2.75) is 11.4 Å². The Balaban J connectivity index is 1.75. The fourth-order valence-electron chi connectivity index (χ4n) is 4.47. The number of fused-ring (bicyclic) bond motifs is 2. The van der Waals surface area contributed by atoms with Crippen molar-refractivity contribution in [1.82, 2.24) is 0 Å². The summed E-state index contributed by atoms with van der Waals surface area (Å²) < 4.78 is 68.8. The zero-order chi connectivity index (χ0) is 23.5. The van der Waals surface area contributed by atoms with Crippen molar-refractivity contribution in [2.24, 2.45) is 0 Å². The number of sulfone groups is 1. The Morgan fingerprint density at radius 2 is 1.55 bits per heavy atom. The van der Waals surface area contributed by atoms with E-state index in [4.69, 9.17) is 0 Å². The van der Waals surface area contributed by atoms with Crippen molar-refractivity contribution in [3.63, 3.8) is 0 Å². The number of hydrogen-bond donors (Lipinski definition) is 0. The molecular formula is C23H15F3N2O4S. The second-order valence-electron chi connectivity index (χ2n) is 7.73. The minimum Gasteiger partial charge on any atom is -0.304 e. The molecular weight excluding hydrogens is 457 g/mol. The standard InChI is InChI=1S/C23H15F3N2O4S/c24-17-7-3-1-5-14(17)12-27-20-8-4-2-6-16(20)23(22(27)30)28(21(29)13-33(23,31)32)15-9-10-18(25)19(26)11-15/h1-11H,12-13H2/t23-/m1/s1.